The molecule has 2 aromatic rings. The Bertz CT molecular complexity index is 586. The van der Waals surface area contributed by atoms with Crippen LogP contribution in [0.1, 0.15) is 5.56 Å². The molecule has 3 nitrogen and oxygen atoms in total. The van der Waals surface area contributed by atoms with Crippen molar-refractivity contribution in [3.05, 3.63) is 52.5 Å². The molecule has 0 aliphatic heterocycles. The van der Waals surface area contributed by atoms with Crippen molar-refractivity contribution in [1.29, 1.82) is 0 Å². The second-order valence-electron chi connectivity index (χ2n) is 4.57. The van der Waals surface area contributed by atoms with Gasteiger partial charge in [-0.05, 0) is 48.9 Å². The van der Waals surface area contributed by atoms with Crippen LogP contribution in [-0.4, -0.2) is 20.7 Å². The Morgan fingerprint density at radius 3 is 2.70 bits per heavy atom. The second kappa shape index (κ2) is 6.77. The van der Waals surface area contributed by atoms with Crippen LogP contribution in [0.5, 0.6) is 5.75 Å². The molecule has 0 aliphatic carbocycles. The quantitative estimate of drug-likeness (QED) is 0.905. The van der Waals surface area contributed by atoms with E-state index in [4.69, 9.17) is 10.5 Å². The van der Waals surface area contributed by atoms with Crippen molar-refractivity contribution in [2.45, 2.75) is 6.42 Å². The zero-order valence-corrected chi connectivity index (χ0v) is 13.4. The highest BCUT2D eigenvalue weighted by Gasteiger charge is 2.10. The van der Waals surface area contributed by atoms with Gasteiger partial charge in [-0.2, -0.15) is 0 Å². The van der Waals surface area contributed by atoms with Gasteiger partial charge in [0.25, 0.3) is 0 Å². The third-order valence-corrected chi connectivity index (χ3v) is 3.75. The smallest absolute Gasteiger partial charge is 0.120 e. The Kier molecular flexibility index (Phi) is 5.04. The monoisotopic (exact) mass is 334 g/mol. The van der Waals surface area contributed by atoms with Crippen LogP contribution in [0.3, 0.4) is 0 Å². The summed E-state index contributed by atoms with van der Waals surface area (Å²) in [6.07, 6.45) is 0.850. The van der Waals surface area contributed by atoms with Crippen LogP contribution in [0.25, 0.3) is 0 Å². The van der Waals surface area contributed by atoms with Crippen LogP contribution < -0.4 is 15.4 Å². The van der Waals surface area contributed by atoms with Crippen LogP contribution >= 0.6 is 15.9 Å². The molecule has 0 saturated heterocycles. The van der Waals surface area contributed by atoms with E-state index in [2.05, 4.69) is 46.1 Å². The predicted molar refractivity (Wildman–Crippen MR) is 88.0 cm³/mol. The van der Waals surface area contributed by atoms with Crippen molar-refractivity contribution in [3.8, 4) is 5.75 Å². The fourth-order valence-corrected chi connectivity index (χ4v) is 2.60. The van der Waals surface area contributed by atoms with Crippen LogP contribution in [0, 0.1) is 0 Å². The van der Waals surface area contributed by atoms with Gasteiger partial charge in [0.1, 0.15) is 5.75 Å². The first-order valence-electron chi connectivity index (χ1n) is 6.52. The minimum absolute atomic E-state index is 0.634. The highest BCUT2D eigenvalue weighted by molar-refractivity contribution is 9.10. The molecule has 0 fully saturated rings. The minimum Gasteiger partial charge on any atom is -0.497 e. The van der Waals surface area contributed by atoms with Crippen LogP contribution in [-0.2, 0) is 6.42 Å². The molecule has 0 atom stereocenters. The first kappa shape index (κ1) is 14.9. The summed E-state index contributed by atoms with van der Waals surface area (Å²) >= 11 is 3.52. The SMILES string of the molecule is COc1cccc(N(C)c2ccc(Br)cc2CCN)c1. The summed E-state index contributed by atoms with van der Waals surface area (Å²) in [4.78, 5) is 2.15. The highest BCUT2D eigenvalue weighted by Crippen LogP contribution is 2.31. The Balaban J connectivity index is 2.38. The van der Waals surface area contributed by atoms with Gasteiger partial charge in [0.2, 0.25) is 0 Å². The van der Waals surface area contributed by atoms with Gasteiger partial charge in [-0.15, -0.1) is 0 Å². The van der Waals surface area contributed by atoms with Crippen molar-refractivity contribution >= 4 is 27.3 Å². The first-order valence-corrected chi connectivity index (χ1v) is 7.31. The number of nitrogens with zero attached hydrogens (tertiary/aromatic N) is 1. The van der Waals surface area contributed by atoms with Crippen LogP contribution in [0.4, 0.5) is 11.4 Å². The van der Waals surface area contributed by atoms with E-state index in [0.717, 1.165) is 28.0 Å². The molecule has 0 saturated carbocycles. The Morgan fingerprint density at radius 2 is 2.00 bits per heavy atom. The van der Waals surface area contributed by atoms with Crippen molar-refractivity contribution in [1.82, 2.24) is 0 Å². The third kappa shape index (κ3) is 3.32. The summed E-state index contributed by atoms with van der Waals surface area (Å²) in [5.74, 6) is 0.854. The molecule has 0 amide bonds. The predicted octanol–water partition coefficient (Wildman–Crippen LogP) is 3.73. The molecule has 0 heterocycles. The average molecular weight is 335 g/mol. The van der Waals surface area contributed by atoms with Gasteiger partial charge in [-0.1, -0.05) is 22.0 Å². The Hall–Kier alpha value is -1.52. The lowest BCUT2D eigenvalue weighted by Gasteiger charge is -2.23. The maximum Gasteiger partial charge on any atom is 0.120 e. The summed E-state index contributed by atoms with van der Waals surface area (Å²) < 4.78 is 6.36. The number of nitrogens with two attached hydrogens (primary N) is 1. The number of benzene rings is 2. The van der Waals surface area contributed by atoms with E-state index < -0.39 is 0 Å². The molecule has 2 rings (SSSR count). The molecule has 0 spiro atoms. The van der Waals surface area contributed by atoms with Gasteiger partial charge < -0.3 is 15.4 Å². The van der Waals surface area contributed by atoms with E-state index in [1.807, 2.05) is 24.3 Å². The first-order chi connectivity index (χ1) is 9.65. The largest absolute Gasteiger partial charge is 0.497 e. The summed E-state index contributed by atoms with van der Waals surface area (Å²) in [6.45, 7) is 0.634. The molecule has 0 bridgehead atoms. The van der Waals surface area contributed by atoms with Gasteiger partial charge in [-0.25, -0.2) is 0 Å². The molecule has 106 valence electrons. The zero-order valence-electron chi connectivity index (χ0n) is 11.8. The molecule has 0 aromatic heterocycles. The van der Waals surface area contributed by atoms with E-state index in [-0.39, 0.29) is 0 Å². The fraction of sp³-hybridized carbons (Fsp3) is 0.250. The Morgan fingerprint density at radius 1 is 1.20 bits per heavy atom. The molecular formula is C16H19BrN2O. The Labute approximate surface area is 128 Å². The molecule has 2 aromatic carbocycles. The molecule has 4 heteroatoms. The average Bonchev–Trinajstić information content (AvgIpc) is 2.47. The lowest BCUT2D eigenvalue weighted by atomic mass is 10.1. The maximum atomic E-state index is 5.71. The minimum atomic E-state index is 0.634. The summed E-state index contributed by atoms with van der Waals surface area (Å²) in [5.41, 5.74) is 9.19. The number of halogens is 1. The highest BCUT2D eigenvalue weighted by atomic mass is 79.9. The molecular weight excluding hydrogens is 316 g/mol. The standard InChI is InChI=1S/C16H19BrN2O/c1-19(14-4-3-5-15(11-14)20-2)16-7-6-13(17)10-12(16)8-9-18/h3-7,10-11H,8-9,18H2,1-2H3. The summed E-state index contributed by atoms with van der Waals surface area (Å²) in [6, 6.07) is 14.3. The van der Waals surface area contributed by atoms with Crippen LogP contribution in [0.15, 0.2) is 46.9 Å². The van der Waals surface area contributed by atoms with E-state index in [1.165, 1.54) is 5.56 Å². The van der Waals surface area contributed by atoms with Crippen LogP contribution in [0.2, 0.25) is 0 Å². The topological polar surface area (TPSA) is 38.5 Å². The number of methoxy groups -OCH3 is 1. The van der Waals surface area contributed by atoms with E-state index in [9.17, 15) is 0 Å². The summed E-state index contributed by atoms with van der Waals surface area (Å²) in [5, 5.41) is 0. The lowest BCUT2D eigenvalue weighted by Crippen LogP contribution is -2.13. The number of ether oxygens (including phenoxy) is 1. The second-order valence-corrected chi connectivity index (χ2v) is 5.49. The summed E-state index contributed by atoms with van der Waals surface area (Å²) in [7, 11) is 3.73. The van der Waals surface area contributed by atoms with E-state index in [1.54, 1.807) is 7.11 Å². The number of hydrogen-bond donors (Lipinski definition) is 1. The van der Waals surface area contributed by atoms with Crippen molar-refractivity contribution in [2.75, 3.05) is 25.6 Å². The number of rotatable bonds is 5. The van der Waals surface area contributed by atoms with Crippen molar-refractivity contribution in [3.63, 3.8) is 0 Å². The lowest BCUT2D eigenvalue weighted by molar-refractivity contribution is 0.415. The van der Waals surface area contributed by atoms with Gasteiger partial charge in [0, 0.05) is 29.0 Å². The molecule has 2 N–H and O–H groups in total. The van der Waals surface area contributed by atoms with Gasteiger partial charge >= 0.3 is 0 Å². The molecule has 0 radical (unpaired) electrons. The van der Waals surface area contributed by atoms with E-state index >= 15 is 0 Å². The molecule has 0 aliphatic rings. The van der Waals surface area contributed by atoms with Crippen molar-refractivity contribution in [2.24, 2.45) is 5.73 Å². The number of hydrogen-bond acceptors (Lipinski definition) is 3. The number of anilines is 2. The van der Waals surface area contributed by atoms with Crippen molar-refractivity contribution < 1.29 is 4.74 Å². The zero-order chi connectivity index (χ0) is 14.5. The molecule has 0 unspecified atom stereocenters. The normalized spacial score (nSPS) is 10.4. The molecule has 20 heavy (non-hydrogen) atoms. The third-order valence-electron chi connectivity index (χ3n) is 3.26. The fourth-order valence-electron chi connectivity index (χ4n) is 2.20. The van der Waals surface area contributed by atoms with E-state index in [0.29, 0.717) is 6.54 Å². The van der Waals surface area contributed by atoms with Gasteiger partial charge in [-0.3, -0.25) is 0 Å². The van der Waals surface area contributed by atoms with Gasteiger partial charge in [0.15, 0.2) is 0 Å². The van der Waals surface area contributed by atoms with Gasteiger partial charge in [0.05, 0.1) is 7.11 Å². The maximum absolute atomic E-state index is 5.71.